The van der Waals surface area contributed by atoms with Crippen molar-refractivity contribution in [2.45, 2.75) is 51.7 Å². The molecule has 1 N–H and O–H groups in total. The van der Waals surface area contributed by atoms with Gasteiger partial charge in [0.2, 0.25) is 0 Å². The lowest BCUT2D eigenvalue weighted by atomic mass is 10.0. The standard InChI is InChI=1S/C17H27NO2/c1-3-12-20-14-8-7-11-18(13-14)16-10-6-5-9-15(16)17(19)4-2/h5-6,9-10,14,17,19H,3-4,7-8,11-13H2,1-2H3. The molecule has 3 nitrogen and oxygen atoms in total. The van der Waals surface area contributed by atoms with E-state index in [-0.39, 0.29) is 6.10 Å². The van der Waals surface area contributed by atoms with Crippen molar-refractivity contribution >= 4 is 5.69 Å². The molecule has 112 valence electrons. The number of para-hydroxylation sites is 1. The topological polar surface area (TPSA) is 32.7 Å². The van der Waals surface area contributed by atoms with Crippen LogP contribution in [0.15, 0.2) is 24.3 Å². The molecule has 2 unspecified atom stereocenters. The number of rotatable bonds is 6. The monoisotopic (exact) mass is 277 g/mol. The lowest BCUT2D eigenvalue weighted by Crippen LogP contribution is -2.40. The van der Waals surface area contributed by atoms with Gasteiger partial charge >= 0.3 is 0 Å². The third-order valence-electron chi connectivity index (χ3n) is 3.96. The zero-order valence-corrected chi connectivity index (χ0v) is 12.7. The molecular formula is C17H27NO2. The number of hydrogen-bond donors (Lipinski definition) is 1. The summed E-state index contributed by atoms with van der Waals surface area (Å²) in [6, 6.07) is 8.22. The second-order valence-corrected chi connectivity index (χ2v) is 5.56. The van der Waals surface area contributed by atoms with Gasteiger partial charge in [0.05, 0.1) is 12.2 Å². The van der Waals surface area contributed by atoms with E-state index in [1.807, 2.05) is 19.1 Å². The van der Waals surface area contributed by atoms with Crippen molar-refractivity contribution in [1.29, 1.82) is 0 Å². The number of piperidine rings is 1. The zero-order chi connectivity index (χ0) is 14.4. The first-order chi connectivity index (χ1) is 9.76. The van der Waals surface area contributed by atoms with Crippen molar-refractivity contribution in [2.75, 3.05) is 24.6 Å². The zero-order valence-electron chi connectivity index (χ0n) is 12.7. The minimum atomic E-state index is -0.372. The summed E-state index contributed by atoms with van der Waals surface area (Å²) >= 11 is 0. The number of anilines is 1. The number of benzene rings is 1. The van der Waals surface area contributed by atoms with Gasteiger partial charge in [-0.25, -0.2) is 0 Å². The van der Waals surface area contributed by atoms with Crippen molar-refractivity contribution in [1.82, 2.24) is 0 Å². The van der Waals surface area contributed by atoms with Crippen LogP contribution in [0.1, 0.15) is 51.2 Å². The summed E-state index contributed by atoms with van der Waals surface area (Å²) in [5.41, 5.74) is 2.22. The van der Waals surface area contributed by atoms with Gasteiger partial charge in [0.25, 0.3) is 0 Å². The molecule has 1 heterocycles. The fraction of sp³-hybridized carbons (Fsp3) is 0.647. The van der Waals surface area contributed by atoms with Crippen molar-refractivity contribution in [3.05, 3.63) is 29.8 Å². The second kappa shape index (κ2) is 7.65. The number of aliphatic hydroxyl groups is 1. The molecule has 0 aromatic heterocycles. The van der Waals surface area contributed by atoms with Crippen LogP contribution in [-0.4, -0.2) is 30.9 Å². The number of nitrogens with zero attached hydrogens (tertiary/aromatic N) is 1. The van der Waals surface area contributed by atoms with E-state index >= 15 is 0 Å². The van der Waals surface area contributed by atoms with Crippen LogP contribution in [0.5, 0.6) is 0 Å². The first-order valence-electron chi connectivity index (χ1n) is 7.89. The van der Waals surface area contributed by atoms with Crippen LogP contribution in [0, 0.1) is 0 Å². The summed E-state index contributed by atoms with van der Waals surface area (Å²) in [4.78, 5) is 2.37. The predicted octanol–water partition coefficient (Wildman–Crippen LogP) is 3.53. The Labute approximate surface area is 122 Å². The van der Waals surface area contributed by atoms with Crippen molar-refractivity contribution in [3.8, 4) is 0 Å². The maximum Gasteiger partial charge on any atom is 0.0807 e. The van der Waals surface area contributed by atoms with Crippen LogP contribution < -0.4 is 4.90 Å². The van der Waals surface area contributed by atoms with E-state index in [1.54, 1.807) is 0 Å². The van der Waals surface area contributed by atoms with E-state index in [1.165, 1.54) is 5.69 Å². The van der Waals surface area contributed by atoms with Crippen LogP contribution in [0.4, 0.5) is 5.69 Å². The molecule has 1 aromatic carbocycles. The summed E-state index contributed by atoms with van der Waals surface area (Å²) < 4.78 is 5.91. The second-order valence-electron chi connectivity index (χ2n) is 5.56. The molecule has 1 fully saturated rings. The van der Waals surface area contributed by atoms with Gasteiger partial charge in [0.15, 0.2) is 0 Å². The number of ether oxygens (including phenoxy) is 1. The molecule has 0 radical (unpaired) electrons. The SMILES string of the molecule is CCCOC1CCCN(c2ccccc2C(O)CC)C1. The first-order valence-corrected chi connectivity index (χ1v) is 7.89. The highest BCUT2D eigenvalue weighted by atomic mass is 16.5. The van der Waals surface area contributed by atoms with Gasteiger partial charge in [-0.05, 0) is 31.7 Å². The van der Waals surface area contributed by atoms with E-state index in [9.17, 15) is 5.11 Å². The van der Waals surface area contributed by atoms with E-state index in [0.717, 1.165) is 50.9 Å². The molecule has 1 aliphatic rings. The highest BCUT2D eigenvalue weighted by molar-refractivity contribution is 5.55. The summed E-state index contributed by atoms with van der Waals surface area (Å²) in [5, 5.41) is 10.2. The normalized spacial score (nSPS) is 20.9. The van der Waals surface area contributed by atoms with Crippen molar-refractivity contribution in [2.24, 2.45) is 0 Å². The average Bonchev–Trinajstić information content (AvgIpc) is 2.52. The maximum atomic E-state index is 10.2. The Morgan fingerprint density at radius 3 is 2.90 bits per heavy atom. The van der Waals surface area contributed by atoms with Gasteiger partial charge in [-0.2, -0.15) is 0 Å². The molecule has 3 heteroatoms. The molecule has 2 rings (SSSR count). The van der Waals surface area contributed by atoms with Gasteiger partial charge in [-0.3, -0.25) is 0 Å². The fourth-order valence-electron chi connectivity index (χ4n) is 2.85. The van der Waals surface area contributed by atoms with Crippen molar-refractivity contribution in [3.63, 3.8) is 0 Å². The smallest absolute Gasteiger partial charge is 0.0807 e. The fourth-order valence-corrected chi connectivity index (χ4v) is 2.85. The summed E-state index contributed by atoms with van der Waals surface area (Å²) in [7, 11) is 0. The van der Waals surface area contributed by atoms with Crippen LogP contribution >= 0.6 is 0 Å². The van der Waals surface area contributed by atoms with Gasteiger partial charge in [-0.15, -0.1) is 0 Å². The molecule has 1 saturated heterocycles. The molecule has 2 atom stereocenters. The predicted molar refractivity (Wildman–Crippen MR) is 83.2 cm³/mol. The Bertz CT molecular complexity index is 408. The molecule has 0 spiro atoms. The maximum absolute atomic E-state index is 10.2. The highest BCUT2D eigenvalue weighted by Gasteiger charge is 2.23. The summed E-state index contributed by atoms with van der Waals surface area (Å²) in [6.07, 6.45) is 4.08. The van der Waals surface area contributed by atoms with Gasteiger partial charge in [0.1, 0.15) is 0 Å². The molecule has 1 aliphatic heterocycles. The largest absolute Gasteiger partial charge is 0.388 e. The summed E-state index contributed by atoms with van der Waals surface area (Å²) in [6.45, 7) is 7.00. The number of hydrogen-bond acceptors (Lipinski definition) is 3. The summed E-state index contributed by atoms with van der Waals surface area (Å²) in [5.74, 6) is 0. The van der Waals surface area contributed by atoms with E-state index in [4.69, 9.17) is 4.74 Å². The Kier molecular flexibility index (Phi) is 5.86. The molecule has 0 aliphatic carbocycles. The van der Waals surface area contributed by atoms with Crippen LogP contribution in [-0.2, 0) is 4.74 Å². The lowest BCUT2D eigenvalue weighted by molar-refractivity contribution is 0.0439. The van der Waals surface area contributed by atoms with Gasteiger partial charge in [-0.1, -0.05) is 32.0 Å². The minimum Gasteiger partial charge on any atom is -0.388 e. The molecule has 0 bridgehead atoms. The van der Waals surface area contributed by atoms with Crippen LogP contribution in [0.25, 0.3) is 0 Å². The highest BCUT2D eigenvalue weighted by Crippen LogP contribution is 2.30. The van der Waals surface area contributed by atoms with Gasteiger partial charge < -0.3 is 14.7 Å². The molecule has 0 amide bonds. The Hall–Kier alpha value is -1.06. The third kappa shape index (κ3) is 3.74. The lowest BCUT2D eigenvalue weighted by Gasteiger charge is -2.36. The Balaban J connectivity index is 2.10. The molecule has 0 saturated carbocycles. The first kappa shape index (κ1) is 15.3. The van der Waals surface area contributed by atoms with Crippen molar-refractivity contribution < 1.29 is 9.84 Å². The van der Waals surface area contributed by atoms with E-state index in [0.29, 0.717) is 6.10 Å². The molecular weight excluding hydrogens is 250 g/mol. The van der Waals surface area contributed by atoms with Crippen LogP contribution in [0.2, 0.25) is 0 Å². The molecule has 20 heavy (non-hydrogen) atoms. The van der Waals surface area contributed by atoms with Gasteiger partial charge in [0, 0.05) is 30.9 Å². The van der Waals surface area contributed by atoms with Crippen LogP contribution in [0.3, 0.4) is 0 Å². The van der Waals surface area contributed by atoms with E-state index in [2.05, 4.69) is 24.0 Å². The molecule has 1 aromatic rings. The third-order valence-corrected chi connectivity index (χ3v) is 3.96. The average molecular weight is 277 g/mol. The quantitative estimate of drug-likeness (QED) is 0.863. The Morgan fingerprint density at radius 1 is 1.35 bits per heavy atom. The Morgan fingerprint density at radius 2 is 2.15 bits per heavy atom. The minimum absolute atomic E-state index is 0.329. The number of aliphatic hydroxyl groups excluding tert-OH is 1. The van der Waals surface area contributed by atoms with E-state index < -0.39 is 0 Å².